The monoisotopic (exact) mass is 231 g/mol. The van der Waals surface area contributed by atoms with Gasteiger partial charge in [-0.3, -0.25) is 4.79 Å². The van der Waals surface area contributed by atoms with Gasteiger partial charge in [-0.2, -0.15) is 0 Å². The quantitative estimate of drug-likeness (QED) is 0.791. The molecule has 3 nitrogen and oxygen atoms in total. The smallest absolute Gasteiger partial charge is 0.212 e. The largest absolute Gasteiger partial charge is 0.496 e. The highest BCUT2D eigenvalue weighted by molar-refractivity contribution is 5.92. The summed E-state index contributed by atoms with van der Waals surface area (Å²) in [6, 6.07) is 7.65. The van der Waals surface area contributed by atoms with Crippen molar-refractivity contribution < 1.29 is 4.74 Å². The maximum Gasteiger partial charge on any atom is 0.212 e. The molecule has 0 fully saturated rings. The van der Waals surface area contributed by atoms with Crippen LogP contribution in [0.4, 0.5) is 5.69 Å². The fourth-order valence-electron chi connectivity index (χ4n) is 2.10. The molecule has 0 N–H and O–H groups in total. The van der Waals surface area contributed by atoms with Crippen LogP contribution in [0.1, 0.15) is 13.8 Å². The standard InChI is InChI=1S/C14H17NO2/c1-4-15(5-2)13-12(14(13)16)10-8-6-7-9-11(10)17-3/h6-9H,4-5H2,1-3H3. The van der Waals surface area contributed by atoms with Crippen LogP contribution >= 0.6 is 0 Å². The number of rotatable bonds is 5. The van der Waals surface area contributed by atoms with Crippen molar-refractivity contribution in [3.05, 3.63) is 34.5 Å². The Balaban J connectivity index is 2.39. The highest BCUT2D eigenvalue weighted by Crippen LogP contribution is 2.38. The van der Waals surface area contributed by atoms with Gasteiger partial charge in [0.2, 0.25) is 5.43 Å². The van der Waals surface area contributed by atoms with Gasteiger partial charge in [-0.25, -0.2) is 0 Å². The summed E-state index contributed by atoms with van der Waals surface area (Å²) in [6.45, 7) is 5.83. The molecule has 0 spiro atoms. The Hall–Kier alpha value is -1.77. The van der Waals surface area contributed by atoms with E-state index in [-0.39, 0.29) is 5.43 Å². The summed E-state index contributed by atoms with van der Waals surface area (Å²) in [7, 11) is 1.63. The maximum atomic E-state index is 11.9. The van der Waals surface area contributed by atoms with Crippen molar-refractivity contribution in [3.63, 3.8) is 0 Å². The van der Waals surface area contributed by atoms with Crippen molar-refractivity contribution in [2.24, 2.45) is 0 Å². The second-order valence-electron chi connectivity index (χ2n) is 3.93. The van der Waals surface area contributed by atoms with Gasteiger partial charge in [-0.15, -0.1) is 0 Å². The molecule has 17 heavy (non-hydrogen) atoms. The second-order valence-corrected chi connectivity index (χ2v) is 3.93. The minimum atomic E-state index is 0.151. The fourth-order valence-corrected chi connectivity index (χ4v) is 2.10. The number of nitrogens with zero attached hydrogens (tertiary/aromatic N) is 1. The number of ether oxygens (including phenoxy) is 1. The Bertz CT molecular complexity index is 520. The molecule has 0 radical (unpaired) electrons. The third kappa shape index (κ3) is 1.93. The van der Waals surface area contributed by atoms with E-state index in [1.165, 1.54) is 0 Å². The molecule has 2 aromatic rings. The van der Waals surface area contributed by atoms with Gasteiger partial charge >= 0.3 is 0 Å². The molecule has 0 bridgehead atoms. The molecule has 0 heterocycles. The number of anilines is 1. The second kappa shape index (κ2) is 4.62. The zero-order valence-corrected chi connectivity index (χ0v) is 10.5. The molecule has 90 valence electrons. The van der Waals surface area contributed by atoms with Crippen LogP contribution in [0.5, 0.6) is 5.75 Å². The minimum absolute atomic E-state index is 0.151. The summed E-state index contributed by atoms with van der Waals surface area (Å²) in [5, 5.41) is 0. The summed E-state index contributed by atoms with van der Waals surface area (Å²) in [5.74, 6) is 0.762. The van der Waals surface area contributed by atoms with Crippen molar-refractivity contribution in [1.29, 1.82) is 0 Å². The third-order valence-electron chi connectivity index (χ3n) is 3.07. The summed E-state index contributed by atoms with van der Waals surface area (Å²) >= 11 is 0. The van der Waals surface area contributed by atoms with Crippen LogP contribution in [0.15, 0.2) is 29.1 Å². The van der Waals surface area contributed by atoms with Crippen LogP contribution in [0.2, 0.25) is 0 Å². The van der Waals surface area contributed by atoms with E-state index in [9.17, 15) is 4.79 Å². The molecule has 2 aromatic carbocycles. The molecule has 0 saturated carbocycles. The summed E-state index contributed by atoms with van der Waals surface area (Å²) in [5.41, 5.74) is 2.71. The zero-order valence-electron chi connectivity index (χ0n) is 10.5. The van der Waals surface area contributed by atoms with E-state index in [1.54, 1.807) is 7.11 Å². The maximum absolute atomic E-state index is 11.9. The lowest BCUT2D eigenvalue weighted by Gasteiger charge is -2.15. The minimum Gasteiger partial charge on any atom is -0.496 e. The molecule has 3 heteroatoms. The fraction of sp³-hybridized carbons (Fsp3) is 0.357. The Kier molecular flexibility index (Phi) is 3.18. The molecule has 0 amide bonds. The lowest BCUT2D eigenvalue weighted by molar-refractivity contribution is 0.416. The van der Waals surface area contributed by atoms with Gasteiger partial charge in [-0.05, 0) is 19.9 Å². The van der Waals surface area contributed by atoms with Crippen LogP contribution in [0, 0.1) is 0 Å². The van der Waals surface area contributed by atoms with E-state index >= 15 is 0 Å². The molecular formula is C14H17NO2. The Morgan fingerprint density at radius 2 is 1.82 bits per heavy atom. The third-order valence-corrected chi connectivity index (χ3v) is 3.07. The number of benzene rings is 1. The number of hydrogen-bond donors (Lipinski definition) is 0. The van der Waals surface area contributed by atoms with E-state index in [0.29, 0.717) is 0 Å². The van der Waals surface area contributed by atoms with Gasteiger partial charge < -0.3 is 9.64 Å². The molecular weight excluding hydrogens is 214 g/mol. The average molecular weight is 231 g/mol. The van der Waals surface area contributed by atoms with Gasteiger partial charge in [0.25, 0.3) is 0 Å². The van der Waals surface area contributed by atoms with Gasteiger partial charge in [0.1, 0.15) is 5.75 Å². The van der Waals surface area contributed by atoms with E-state index in [0.717, 1.165) is 35.7 Å². The normalized spacial score (nSPS) is 10.8. The predicted octanol–water partition coefficient (Wildman–Crippen LogP) is 2.44. The van der Waals surface area contributed by atoms with Crippen LogP contribution in [0.25, 0.3) is 11.1 Å². The first-order valence-electron chi connectivity index (χ1n) is 5.91. The van der Waals surface area contributed by atoms with Gasteiger partial charge in [0.15, 0.2) is 0 Å². The Morgan fingerprint density at radius 1 is 1.18 bits per heavy atom. The van der Waals surface area contributed by atoms with Gasteiger partial charge in [0.05, 0.1) is 18.4 Å². The molecule has 0 unspecified atom stereocenters. The average Bonchev–Trinajstić information content (AvgIpc) is 3.02. The lowest BCUT2D eigenvalue weighted by Crippen LogP contribution is -2.20. The van der Waals surface area contributed by atoms with Crippen molar-refractivity contribution >= 4 is 5.69 Å². The van der Waals surface area contributed by atoms with Gasteiger partial charge in [0, 0.05) is 18.7 Å². The molecule has 0 aliphatic heterocycles. The van der Waals surface area contributed by atoms with E-state index in [4.69, 9.17) is 4.74 Å². The van der Waals surface area contributed by atoms with E-state index in [2.05, 4.69) is 18.7 Å². The number of methoxy groups -OCH3 is 1. The first-order valence-corrected chi connectivity index (χ1v) is 5.91. The predicted molar refractivity (Wildman–Crippen MR) is 70.6 cm³/mol. The molecule has 0 aliphatic rings. The van der Waals surface area contributed by atoms with Gasteiger partial charge in [-0.1, -0.05) is 18.2 Å². The Morgan fingerprint density at radius 3 is 2.41 bits per heavy atom. The van der Waals surface area contributed by atoms with Crippen LogP contribution in [0.3, 0.4) is 0 Å². The summed E-state index contributed by atoms with van der Waals surface area (Å²) in [6.07, 6.45) is 0. The van der Waals surface area contributed by atoms with Crippen molar-refractivity contribution in [3.8, 4) is 16.9 Å². The lowest BCUT2D eigenvalue weighted by atomic mass is 10.1. The van der Waals surface area contributed by atoms with E-state index < -0.39 is 0 Å². The van der Waals surface area contributed by atoms with Crippen LogP contribution < -0.4 is 15.1 Å². The molecule has 2 rings (SSSR count). The SMILES string of the molecule is CCN(CC)c1c(-c2ccccc2OC)c1=O. The molecule has 0 saturated heterocycles. The van der Waals surface area contributed by atoms with Crippen LogP contribution in [-0.4, -0.2) is 20.2 Å². The molecule has 0 atom stereocenters. The molecule has 0 aromatic heterocycles. The Labute approximate surface area is 101 Å². The van der Waals surface area contributed by atoms with E-state index in [1.807, 2.05) is 24.3 Å². The summed E-state index contributed by atoms with van der Waals surface area (Å²) in [4.78, 5) is 14.0. The summed E-state index contributed by atoms with van der Waals surface area (Å²) < 4.78 is 5.29. The van der Waals surface area contributed by atoms with Crippen molar-refractivity contribution in [2.45, 2.75) is 13.8 Å². The first-order chi connectivity index (χ1) is 8.24. The highest BCUT2D eigenvalue weighted by atomic mass is 16.5. The number of hydrogen-bond acceptors (Lipinski definition) is 3. The van der Waals surface area contributed by atoms with Crippen molar-refractivity contribution in [2.75, 3.05) is 25.1 Å². The highest BCUT2D eigenvalue weighted by Gasteiger charge is 2.29. The van der Waals surface area contributed by atoms with Crippen LogP contribution in [-0.2, 0) is 0 Å². The van der Waals surface area contributed by atoms with Crippen molar-refractivity contribution in [1.82, 2.24) is 0 Å². The molecule has 0 aliphatic carbocycles. The topological polar surface area (TPSA) is 29.5 Å². The zero-order chi connectivity index (χ0) is 12.4. The number of para-hydroxylation sites is 1. The first kappa shape index (κ1) is 11.7.